The number of rotatable bonds is 6. The van der Waals surface area contributed by atoms with E-state index in [9.17, 15) is 0 Å². The van der Waals surface area contributed by atoms with E-state index in [2.05, 4.69) is 24.0 Å². The molecule has 0 aliphatic rings. The number of aromatic nitrogens is 4. The molecule has 0 spiro atoms. The van der Waals surface area contributed by atoms with Crippen LogP contribution in [0.5, 0.6) is 5.75 Å². The fourth-order valence-corrected chi connectivity index (χ4v) is 3.27. The molecule has 0 aliphatic heterocycles. The smallest absolute Gasteiger partial charge is 0.227 e. The number of hydrogen-bond donors (Lipinski definition) is 1. The largest absolute Gasteiger partial charge is 0.496 e. The molecule has 0 atom stereocenters. The van der Waals surface area contributed by atoms with Gasteiger partial charge < -0.3 is 15.4 Å². The lowest BCUT2D eigenvalue weighted by molar-refractivity contribution is 0.416. The van der Waals surface area contributed by atoms with Crippen LogP contribution < -0.4 is 15.4 Å². The normalized spacial score (nSPS) is 11.0. The number of hydrogen-bond acceptors (Lipinski definition) is 6. The summed E-state index contributed by atoms with van der Waals surface area (Å²) in [6.45, 7) is 3.39. The topological polar surface area (TPSA) is 82.1 Å². The van der Waals surface area contributed by atoms with Crippen molar-refractivity contribution in [3.05, 3.63) is 60.2 Å². The number of methoxy groups -OCH3 is 1. The van der Waals surface area contributed by atoms with Gasteiger partial charge in [-0.05, 0) is 24.6 Å². The predicted octanol–water partition coefficient (Wildman–Crippen LogP) is 3.59. The van der Waals surface area contributed by atoms with Gasteiger partial charge in [0.2, 0.25) is 5.95 Å². The average molecular weight is 388 g/mol. The van der Waals surface area contributed by atoms with Crippen LogP contribution in [0.1, 0.15) is 12.5 Å². The van der Waals surface area contributed by atoms with Gasteiger partial charge in [0.25, 0.3) is 0 Å². The summed E-state index contributed by atoms with van der Waals surface area (Å²) in [7, 11) is 3.61. The van der Waals surface area contributed by atoms with Gasteiger partial charge in [-0.25, -0.2) is 9.67 Å². The van der Waals surface area contributed by atoms with Crippen molar-refractivity contribution in [3.63, 3.8) is 0 Å². The third kappa shape index (κ3) is 3.47. The lowest BCUT2D eigenvalue weighted by Gasteiger charge is -2.16. The van der Waals surface area contributed by atoms with Crippen LogP contribution in [0.3, 0.4) is 0 Å². The van der Waals surface area contributed by atoms with Crippen molar-refractivity contribution >= 4 is 22.8 Å². The van der Waals surface area contributed by atoms with Gasteiger partial charge in [0.15, 0.2) is 5.65 Å². The van der Waals surface area contributed by atoms with Crippen molar-refractivity contribution in [3.8, 4) is 17.0 Å². The van der Waals surface area contributed by atoms with E-state index in [1.165, 1.54) is 0 Å². The van der Waals surface area contributed by atoms with Crippen LogP contribution in [0.15, 0.2) is 54.6 Å². The molecule has 4 rings (SSSR count). The first-order chi connectivity index (χ1) is 14.1. The Balaban J connectivity index is 1.95. The standard InChI is InChI=1S/C22H24N6O/c1-4-27(2)22-24-19(16-12-8-9-13-17(16)29-3)18-20(23)28(26-21(18)25-22)14-15-10-6-5-7-11-15/h5-13H,4,14,23H2,1-3H3. The van der Waals surface area contributed by atoms with Crippen LogP contribution in [0, 0.1) is 0 Å². The molecule has 0 amide bonds. The molecule has 2 aromatic heterocycles. The highest BCUT2D eigenvalue weighted by molar-refractivity contribution is 6.00. The molecule has 0 bridgehead atoms. The first kappa shape index (κ1) is 18.7. The molecular weight excluding hydrogens is 364 g/mol. The van der Waals surface area contributed by atoms with E-state index < -0.39 is 0 Å². The Morgan fingerprint density at radius 3 is 2.48 bits per heavy atom. The lowest BCUT2D eigenvalue weighted by atomic mass is 10.1. The minimum atomic E-state index is 0.537. The van der Waals surface area contributed by atoms with E-state index in [0.717, 1.165) is 34.5 Å². The molecule has 2 aromatic carbocycles. The van der Waals surface area contributed by atoms with E-state index in [-0.39, 0.29) is 0 Å². The Morgan fingerprint density at radius 1 is 1.03 bits per heavy atom. The van der Waals surface area contributed by atoms with E-state index in [1.54, 1.807) is 11.8 Å². The molecule has 2 heterocycles. The summed E-state index contributed by atoms with van der Waals surface area (Å²) in [5.74, 6) is 1.87. The van der Waals surface area contributed by atoms with Gasteiger partial charge in [-0.1, -0.05) is 42.5 Å². The Bertz CT molecular complexity index is 1140. The molecule has 0 fully saturated rings. The van der Waals surface area contributed by atoms with Gasteiger partial charge >= 0.3 is 0 Å². The van der Waals surface area contributed by atoms with Crippen molar-refractivity contribution in [2.24, 2.45) is 0 Å². The highest BCUT2D eigenvalue weighted by Gasteiger charge is 2.21. The van der Waals surface area contributed by atoms with Gasteiger partial charge in [0, 0.05) is 19.2 Å². The first-order valence-corrected chi connectivity index (χ1v) is 9.54. The van der Waals surface area contributed by atoms with Crippen LogP contribution in [-0.2, 0) is 6.54 Å². The molecule has 7 nitrogen and oxygen atoms in total. The average Bonchev–Trinajstić information content (AvgIpc) is 3.08. The summed E-state index contributed by atoms with van der Waals surface area (Å²) >= 11 is 0. The zero-order valence-corrected chi connectivity index (χ0v) is 16.8. The third-order valence-electron chi connectivity index (χ3n) is 4.98. The fourth-order valence-electron chi connectivity index (χ4n) is 3.27. The molecule has 0 unspecified atom stereocenters. The first-order valence-electron chi connectivity index (χ1n) is 9.54. The van der Waals surface area contributed by atoms with Gasteiger partial charge in [-0.3, -0.25) is 0 Å². The molecule has 0 aliphatic carbocycles. The zero-order chi connectivity index (χ0) is 20.4. The molecule has 2 N–H and O–H groups in total. The summed E-state index contributed by atoms with van der Waals surface area (Å²) in [6, 6.07) is 17.9. The highest BCUT2D eigenvalue weighted by Crippen LogP contribution is 2.36. The van der Waals surface area contributed by atoms with Crippen molar-refractivity contribution in [2.75, 3.05) is 31.3 Å². The predicted molar refractivity (Wildman–Crippen MR) is 116 cm³/mol. The molecule has 0 saturated heterocycles. The van der Waals surface area contributed by atoms with Crippen LogP contribution in [0.2, 0.25) is 0 Å². The number of nitrogens with zero attached hydrogens (tertiary/aromatic N) is 5. The van der Waals surface area contributed by atoms with Gasteiger partial charge in [-0.15, -0.1) is 5.10 Å². The molecule has 4 aromatic rings. The molecular formula is C22H24N6O. The quantitative estimate of drug-likeness (QED) is 0.544. The summed E-state index contributed by atoms with van der Waals surface area (Å²) < 4.78 is 7.36. The van der Waals surface area contributed by atoms with Crippen molar-refractivity contribution in [1.82, 2.24) is 19.7 Å². The molecule has 29 heavy (non-hydrogen) atoms. The van der Waals surface area contributed by atoms with E-state index in [4.69, 9.17) is 20.6 Å². The van der Waals surface area contributed by atoms with Gasteiger partial charge in [-0.2, -0.15) is 4.98 Å². The number of nitrogen functional groups attached to an aromatic ring is 1. The van der Waals surface area contributed by atoms with Crippen molar-refractivity contribution < 1.29 is 4.74 Å². The highest BCUT2D eigenvalue weighted by atomic mass is 16.5. The summed E-state index contributed by atoms with van der Waals surface area (Å²) in [6.07, 6.45) is 0. The lowest BCUT2D eigenvalue weighted by Crippen LogP contribution is -2.19. The van der Waals surface area contributed by atoms with Crippen LogP contribution >= 0.6 is 0 Å². The number of fused-ring (bicyclic) bond motifs is 1. The number of nitrogens with two attached hydrogens (primary N) is 1. The number of benzene rings is 2. The number of anilines is 2. The van der Waals surface area contributed by atoms with Crippen LogP contribution in [-0.4, -0.2) is 40.5 Å². The molecule has 0 radical (unpaired) electrons. The Labute approximate surface area is 169 Å². The number of para-hydroxylation sites is 1. The van der Waals surface area contributed by atoms with Gasteiger partial charge in [0.1, 0.15) is 11.6 Å². The molecule has 148 valence electrons. The zero-order valence-electron chi connectivity index (χ0n) is 16.8. The summed E-state index contributed by atoms with van der Waals surface area (Å²) in [5, 5.41) is 5.43. The fraction of sp³-hybridized carbons (Fsp3) is 0.227. The van der Waals surface area contributed by atoms with E-state index in [0.29, 0.717) is 24.0 Å². The maximum absolute atomic E-state index is 6.54. The maximum Gasteiger partial charge on any atom is 0.227 e. The third-order valence-corrected chi connectivity index (χ3v) is 4.98. The van der Waals surface area contributed by atoms with Gasteiger partial charge in [0.05, 0.1) is 24.7 Å². The Hall–Kier alpha value is -3.61. The Morgan fingerprint density at radius 2 is 1.76 bits per heavy atom. The summed E-state index contributed by atoms with van der Waals surface area (Å²) in [5.41, 5.74) is 9.81. The second kappa shape index (κ2) is 7.79. The second-order valence-corrected chi connectivity index (χ2v) is 6.81. The van der Waals surface area contributed by atoms with Crippen LogP contribution in [0.25, 0.3) is 22.3 Å². The monoisotopic (exact) mass is 388 g/mol. The molecule has 7 heteroatoms. The van der Waals surface area contributed by atoms with Crippen molar-refractivity contribution in [2.45, 2.75) is 13.5 Å². The Kier molecular flexibility index (Phi) is 5.03. The SMILES string of the molecule is CCN(C)c1nc(-c2ccccc2OC)c2c(N)n(Cc3ccccc3)nc2n1. The second-order valence-electron chi connectivity index (χ2n) is 6.81. The van der Waals surface area contributed by atoms with Crippen molar-refractivity contribution in [1.29, 1.82) is 0 Å². The number of ether oxygens (including phenoxy) is 1. The van der Waals surface area contributed by atoms with E-state index in [1.807, 2.05) is 54.4 Å². The molecule has 0 saturated carbocycles. The maximum atomic E-state index is 6.54. The minimum Gasteiger partial charge on any atom is -0.496 e. The minimum absolute atomic E-state index is 0.537. The van der Waals surface area contributed by atoms with E-state index >= 15 is 0 Å². The van der Waals surface area contributed by atoms with Crippen LogP contribution in [0.4, 0.5) is 11.8 Å². The summed E-state index contributed by atoms with van der Waals surface area (Å²) in [4.78, 5) is 11.5.